The molecule has 0 saturated carbocycles. The molecule has 0 aliphatic carbocycles. The fourth-order valence-corrected chi connectivity index (χ4v) is 5.09. The largest absolute Gasteiger partial charge is 0.487 e. The van der Waals surface area contributed by atoms with Gasteiger partial charge in [0.25, 0.3) is 0 Å². The Bertz CT molecular complexity index is 984. The van der Waals surface area contributed by atoms with E-state index in [-0.39, 0.29) is 35.1 Å². The van der Waals surface area contributed by atoms with Gasteiger partial charge >= 0.3 is 0 Å². The van der Waals surface area contributed by atoms with Crippen molar-refractivity contribution in [2.45, 2.75) is 51.7 Å². The molecular weight excluding hydrogens is 405 g/mol. The first kappa shape index (κ1) is 21.0. The van der Waals surface area contributed by atoms with Gasteiger partial charge in [-0.1, -0.05) is 0 Å². The van der Waals surface area contributed by atoms with Crippen molar-refractivity contribution in [3.63, 3.8) is 0 Å². The second kappa shape index (κ2) is 8.12. The number of fused-ring (bicyclic) bond motifs is 1. The Morgan fingerprint density at radius 2 is 2.10 bits per heavy atom. The number of rotatable bonds is 5. The zero-order valence-electron chi connectivity index (χ0n) is 17.4. The van der Waals surface area contributed by atoms with Crippen LogP contribution in [-0.4, -0.2) is 36.5 Å². The maximum Gasteiger partial charge on any atom is 0.223 e. The number of thiophene rings is 1. The summed E-state index contributed by atoms with van der Waals surface area (Å²) in [5.41, 5.74) is 1.16. The van der Waals surface area contributed by atoms with E-state index in [1.54, 1.807) is 6.07 Å². The van der Waals surface area contributed by atoms with Crippen molar-refractivity contribution in [3.05, 3.63) is 40.5 Å². The highest BCUT2D eigenvalue weighted by molar-refractivity contribution is 7.17. The molecule has 4 rings (SSSR count). The zero-order chi connectivity index (χ0) is 21.5. The summed E-state index contributed by atoms with van der Waals surface area (Å²) in [4.78, 5) is 25.7. The predicted molar refractivity (Wildman–Crippen MR) is 114 cm³/mol. The fraction of sp³-hybridized carbons (Fsp3) is 0.478. The quantitative estimate of drug-likeness (QED) is 0.714. The summed E-state index contributed by atoms with van der Waals surface area (Å²) < 4.78 is 26.0. The summed E-state index contributed by atoms with van der Waals surface area (Å²) in [6.45, 7) is 6.47. The first-order valence-corrected chi connectivity index (χ1v) is 11.1. The molecular formula is C23H26FNO4S. The van der Waals surface area contributed by atoms with E-state index in [1.165, 1.54) is 30.4 Å². The monoisotopic (exact) mass is 431 g/mol. The SMILES string of the molecule is CC(=O)c1ccc(-c2cc(F)cc3c2O[C@H](CNC(=O)[C@@H]2CCOC(C)(C)C2)C3)s1. The number of nitrogens with one attached hydrogen (secondary N) is 1. The van der Waals surface area contributed by atoms with E-state index in [9.17, 15) is 14.0 Å². The van der Waals surface area contributed by atoms with Crippen molar-refractivity contribution in [1.82, 2.24) is 5.32 Å². The summed E-state index contributed by atoms with van der Waals surface area (Å²) in [5.74, 6) is 0.236. The molecule has 7 heteroatoms. The highest BCUT2D eigenvalue weighted by atomic mass is 32.1. The summed E-state index contributed by atoms with van der Waals surface area (Å²) in [5, 5.41) is 3.00. The first-order chi connectivity index (χ1) is 14.2. The maximum absolute atomic E-state index is 14.2. The number of benzene rings is 1. The van der Waals surface area contributed by atoms with Crippen LogP contribution in [0.2, 0.25) is 0 Å². The number of carbonyl (C=O) groups is 2. The maximum atomic E-state index is 14.2. The Morgan fingerprint density at radius 1 is 1.30 bits per heavy atom. The normalized spacial score (nSPS) is 22.3. The molecule has 1 amide bonds. The number of carbonyl (C=O) groups excluding carboxylic acids is 2. The van der Waals surface area contributed by atoms with Gasteiger partial charge in [-0.15, -0.1) is 11.3 Å². The molecule has 30 heavy (non-hydrogen) atoms. The second-order valence-corrected chi connectivity index (χ2v) is 9.73. The number of halogens is 1. The summed E-state index contributed by atoms with van der Waals surface area (Å²) in [6, 6.07) is 6.50. The molecule has 5 nitrogen and oxygen atoms in total. The van der Waals surface area contributed by atoms with E-state index in [0.29, 0.717) is 48.6 Å². The van der Waals surface area contributed by atoms with Gasteiger partial charge in [0, 0.05) is 34.9 Å². The van der Waals surface area contributed by atoms with Gasteiger partial charge in [-0.05, 0) is 57.9 Å². The van der Waals surface area contributed by atoms with Crippen molar-refractivity contribution in [3.8, 4) is 16.2 Å². The van der Waals surface area contributed by atoms with E-state index < -0.39 is 0 Å². The second-order valence-electron chi connectivity index (χ2n) is 8.65. The smallest absolute Gasteiger partial charge is 0.223 e. The Kier molecular flexibility index (Phi) is 5.68. The molecule has 0 unspecified atom stereocenters. The van der Waals surface area contributed by atoms with Crippen LogP contribution in [-0.2, 0) is 16.0 Å². The van der Waals surface area contributed by atoms with Crippen molar-refractivity contribution in [1.29, 1.82) is 0 Å². The van der Waals surface area contributed by atoms with Crippen molar-refractivity contribution >= 4 is 23.0 Å². The summed E-state index contributed by atoms with van der Waals surface area (Å²) in [6.07, 6.45) is 1.69. The molecule has 0 bridgehead atoms. The van der Waals surface area contributed by atoms with Crippen molar-refractivity contribution < 1.29 is 23.5 Å². The molecule has 0 spiro atoms. The Hall–Kier alpha value is -2.25. The fourth-order valence-electron chi connectivity index (χ4n) is 4.18. The molecule has 0 radical (unpaired) electrons. The average molecular weight is 432 g/mol. The lowest BCUT2D eigenvalue weighted by atomic mass is 9.88. The van der Waals surface area contributed by atoms with Crippen molar-refractivity contribution in [2.75, 3.05) is 13.2 Å². The molecule has 1 aromatic carbocycles. The molecule has 1 N–H and O–H groups in total. The van der Waals surface area contributed by atoms with Gasteiger partial charge in [0.05, 0.1) is 17.0 Å². The van der Waals surface area contributed by atoms with Crippen LogP contribution in [0.3, 0.4) is 0 Å². The van der Waals surface area contributed by atoms with Crippen LogP contribution in [0.1, 0.15) is 48.8 Å². The Balaban J connectivity index is 1.44. The van der Waals surface area contributed by atoms with E-state index in [4.69, 9.17) is 9.47 Å². The lowest BCUT2D eigenvalue weighted by Gasteiger charge is -2.34. The summed E-state index contributed by atoms with van der Waals surface area (Å²) in [7, 11) is 0. The lowest BCUT2D eigenvalue weighted by Crippen LogP contribution is -2.43. The van der Waals surface area contributed by atoms with Gasteiger partial charge in [-0.25, -0.2) is 4.39 Å². The van der Waals surface area contributed by atoms with Gasteiger partial charge < -0.3 is 14.8 Å². The van der Waals surface area contributed by atoms with Gasteiger partial charge in [-0.3, -0.25) is 9.59 Å². The number of ether oxygens (including phenoxy) is 2. The van der Waals surface area contributed by atoms with Crippen LogP contribution in [0.5, 0.6) is 5.75 Å². The number of Topliss-reactive ketones (excluding diaryl/α,β-unsaturated/α-hetero) is 1. The van der Waals surface area contributed by atoms with Crippen LogP contribution in [0.25, 0.3) is 10.4 Å². The van der Waals surface area contributed by atoms with Gasteiger partial charge in [-0.2, -0.15) is 0 Å². The number of hydrogen-bond donors (Lipinski definition) is 1. The molecule has 1 saturated heterocycles. The molecule has 2 aromatic rings. The van der Waals surface area contributed by atoms with Crippen LogP contribution in [0, 0.1) is 11.7 Å². The van der Waals surface area contributed by atoms with Crippen LogP contribution in [0.4, 0.5) is 4.39 Å². The van der Waals surface area contributed by atoms with Gasteiger partial charge in [0.1, 0.15) is 17.7 Å². The third kappa shape index (κ3) is 4.42. The standard InChI is InChI=1S/C23H26FNO4S/c1-13(26)19-4-5-20(30-19)18-10-16(24)8-15-9-17(29-21(15)18)12-25-22(27)14-6-7-28-23(2,3)11-14/h4-5,8,10,14,17H,6-7,9,11-12H2,1-3H3,(H,25,27)/t14-,17+/m1/s1. The number of hydrogen-bond acceptors (Lipinski definition) is 5. The van der Waals surface area contributed by atoms with Crippen LogP contribution in [0.15, 0.2) is 24.3 Å². The molecule has 2 atom stereocenters. The van der Waals surface area contributed by atoms with Gasteiger partial charge in [0.2, 0.25) is 5.91 Å². The van der Waals surface area contributed by atoms with Crippen LogP contribution < -0.4 is 10.1 Å². The minimum absolute atomic E-state index is 0.0155. The van der Waals surface area contributed by atoms with E-state index >= 15 is 0 Å². The molecule has 2 aliphatic heterocycles. The van der Waals surface area contributed by atoms with Crippen molar-refractivity contribution in [2.24, 2.45) is 5.92 Å². The lowest BCUT2D eigenvalue weighted by molar-refractivity contribution is -0.135. The topological polar surface area (TPSA) is 64.6 Å². The first-order valence-electron chi connectivity index (χ1n) is 10.2. The number of amides is 1. The highest BCUT2D eigenvalue weighted by Crippen LogP contribution is 2.42. The third-order valence-electron chi connectivity index (χ3n) is 5.65. The number of ketones is 1. The molecule has 160 valence electrons. The average Bonchev–Trinajstić information content (AvgIpc) is 3.31. The van der Waals surface area contributed by atoms with Crippen LogP contribution >= 0.6 is 11.3 Å². The third-order valence-corrected chi connectivity index (χ3v) is 6.87. The Morgan fingerprint density at radius 3 is 2.80 bits per heavy atom. The molecule has 1 fully saturated rings. The highest BCUT2D eigenvalue weighted by Gasteiger charge is 2.34. The molecule has 1 aromatic heterocycles. The zero-order valence-corrected chi connectivity index (χ0v) is 18.2. The van der Waals surface area contributed by atoms with E-state index in [2.05, 4.69) is 5.32 Å². The molecule has 3 heterocycles. The Labute approximate surface area is 179 Å². The molecule has 2 aliphatic rings. The van der Waals surface area contributed by atoms with E-state index in [1.807, 2.05) is 19.9 Å². The van der Waals surface area contributed by atoms with E-state index in [0.717, 1.165) is 10.4 Å². The minimum Gasteiger partial charge on any atom is -0.487 e. The predicted octanol–water partition coefficient (Wildman–Crippen LogP) is 4.38. The van der Waals surface area contributed by atoms with Gasteiger partial charge in [0.15, 0.2) is 5.78 Å². The summed E-state index contributed by atoms with van der Waals surface area (Å²) >= 11 is 1.33. The minimum atomic E-state index is -0.334.